The summed E-state index contributed by atoms with van der Waals surface area (Å²) in [4.78, 5) is 14.0. The second kappa shape index (κ2) is 4.54. The highest BCUT2D eigenvalue weighted by Crippen LogP contribution is 2.37. The van der Waals surface area contributed by atoms with Crippen LogP contribution in [0.15, 0.2) is 17.1 Å². The number of alkyl halides is 1. The molecule has 0 radical (unpaired) electrons. The predicted octanol–water partition coefficient (Wildman–Crippen LogP) is -0.115. The first-order chi connectivity index (χ1) is 8.39. The summed E-state index contributed by atoms with van der Waals surface area (Å²) in [6.07, 6.45) is -3.34. The highest BCUT2D eigenvalue weighted by atomic mass is 32.1. The van der Waals surface area contributed by atoms with Crippen molar-refractivity contribution in [3.05, 3.63) is 27.4 Å². The molecule has 2 rings (SSSR count). The van der Waals surface area contributed by atoms with Crippen molar-refractivity contribution in [1.29, 1.82) is 0 Å². The number of hydrogen-bond acceptors (Lipinski definition) is 5. The van der Waals surface area contributed by atoms with Gasteiger partial charge in [-0.05, 0) is 13.0 Å². The van der Waals surface area contributed by atoms with Gasteiger partial charge < -0.3 is 14.9 Å². The molecule has 6 nitrogen and oxygen atoms in total. The third-order valence-electron chi connectivity index (χ3n) is 3.03. The van der Waals surface area contributed by atoms with Crippen LogP contribution in [0.5, 0.6) is 0 Å². The minimum atomic E-state index is -1.82. The van der Waals surface area contributed by atoms with Crippen LogP contribution in [-0.2, 0) is 4.74 Å². The lowest BCUT2D eigenvalue weighted by molar-refractivity contribution is -0.117. The molecule has 0 amide bonds. The van der Waals surface area contributed by atoms with Gasteiger partial charge in [-0.15, -0.1) is 0 Å². The van der Waals surface area contributed by atoms with Gasteiger partial charge in [-0.3, -0.25) is 9.55 Å². The summed E-state index contributed by atoms with van der Waals surface area (Å²) in [6, 6.07) is 1.41. The van der Waals surface area contributed by atoms with Crippen LogP contribution in [0.25, 0.3) is 0 Å². The number of H-pyrrole nitrogens is 1. The van der Waals surface area contributed by atoms with Crippen LogP contribution < -0.4 is 5.69 Å². The number of aliphatic hydroxyl groups excluding tert-OH is 2. The molecule has 8 heteroatoms. The second-order valence-corrected chi connectivity index (χ2v) is 4.83. The number of nitrogens with zero attached hydrogens (tertiary/aromatic N) is 1. The van der Waals surface area contributed by atoms with Crippen molar-refractivity contribution in [3.8, 4) is 0 Å². The number of ether oxygens (including phenoxy) is 1. The molecule has 2 heterocycles. The number of nitrogens with one attached hydrogen (secondary N) is 1. The molecule has 100 valence electrons. The Bertz CT molecular complexity index is 559. The van der Waals surface area contributed by atoms with E-state index in [1.165, 1.54) is 19.2 Å². The molecule has 1 aromatic heterocycles. The zero-order chi connectivity index (χ0) is 13.5. The molecule has 1 saturated heterocycles. The van der Waals surface area contributed by atoms with E-state index in [1.807, 2.05) is 0 Å². The molecule has 3 N–H and O–H groups in total. The van der Waals surface area contributed by atoms with E-state index in [1.54, 1.807) is 0 Å². The lowest BCUT2D eigenvalue weighted by Crippen LogP contribution is -2.42. The van der Waals surface area contributed by atoms with E-state index in [4.69, 9.17) is 22.1 Å². The summed E-state index contributed by atoms with van der Waals surface area (Å²) < 4.78 is 20.4. The van der Waals surface area contributed by atoms with E-state index in [2.05, 4.69) is 4.98 Å². The van der Waals surface area contributed by atoms with E-state index < -0.39 is 36.4 Å². The number of aliphatic hydroxyl groups is 2. The summed E-state index contributed by atoms with van der Waals surface area (Å²) >= 11 is 4.76. The summed E-state index contributed by atoms with van der Waals surface area (Å²) in [5.74, 6) is 0. The average Bonchev–Trinajstić information content (AvgIpc) is 2.55. The minimum Gasteiger partial charge on any atom is -0.393 e. The van der Waals surface area contributed by atoms with Crippen molar-refractivity contribution >= 4 is 12.2 Å². The fourth-order valence-corrected chi connectivity index (χ4v) is 2.02. The van der Waals surface area contributed by atoms with E-state index in [0.29, 0.717) is 0 Å². The largest absolute Gasteiger partial charge is 0.393 e. The van der Waals surface area contributed by atoms with Crippen molar-refractivity contribution in [1.82, 2.24) is 9.55 Å². The van der Waals surface area contributed by atoms with Crippen molar-refractivity contribution in [2.45, 2.75) is 31.0 Å². The smallest absolute Gasteiger partial charge is 0.328 e. The molecule has 1 aliphatic rings. The Morgan fingerprint density at radius 2 is 2.39 bits per heavy atom. The van der Waals surface area contributed by atoms with Gasteiger partial charge in [0.2, 0.25) is 0 Å². The maximum Gasteiger partial charge on any atom is 0.328 e. The van der Waals surface area contributed by atoms with Crippen molar-refractivity contribution < 1.29 is 19.3 Å². The number of aromatic amines is 1. The third-order valence-corrected chi connectivity index (χ3v) is 3.27. The maximum absolute atomic E-state index is 13.9. The van der Waals surface area contributed by atoms with E-state index in [9.17, 15) is 14.3 Å². The van der Waals surface area contributed by atoms with Crippen LogP contribution in [0.1, 0.15) is 13.2 Å². The summed E-state index contributed by atoms with van der Waals surface area (Å²) in [5, 5.41) is 18.8. The first-order valence-corrected chi connectivity index (χ1v) is 5.72. The number of rotatable bonds is 2. The van der Waals surface area contributed by atoms with Gasteiger partial charge in [0.1, 0.15) is 16.3 Å². The monoisotopic (exact) mass is 276 g/mol. The number of hydrogen-bond donors (Lipinski definition) is 3. The van der Waals surface area contributed by atoms with E-state index in [-0.39, 0.29) is 4.64 Å². The van der Waals surface area contributed by atoms with Crippen LogP contribution in [0.3, 0.4) is 0 Å². The molecule has 2 unspecified atom stereocenters. The Balaban J connectivity index is 2.41. The molecule has 4 atom stereocenters. The Kier molecular flexibility index (Phi) is 3.37. The lowest BCUT2D eigenvalue weighted by atomic mass is 9.99. The van der Waals surface area contributed by atoms with Gasteiger partial charge in [0.15, 0.2) is 12.4 Å². The highest BCUT2D eigenvalue weighted by molar-refractivity contribution is 7.71. The predicted molar refractivity (Wildman–Crippen MR) is 62.4 cm³/mol. The zero-order valence-electron chi connectivity index (χ0n) is 9.54. The quantitative estimate of drug-likeness (QED) is 0.656. The fourth-order valence-electron chi connectivity index (χ4n) is 1.87. The molecule has 0 aromatic carbocycles. The normalized spacial score (nSPS) is 35.9. The minimum absolute atomic E-state index is 0.218. The molecule has 1 fully saturated rings. The Hall–Kier alpha value is -1.09. The number of halogens is 1. The average molecular weight is 276 g/mol. The first-order valence-electron chi connectivity index (χ1n) is 5.31. The topological polar surface area (TPSA) is 87.5 Å². The Labute approximate surface area is 107 Å². The van der Waals surface area contributed by atoms with Gasteiger partial charge in [-0.1, -0.05) is 12.2 Å². The zero-order valence-corrected chi connectivity index (χ0v) is 10.4. The Morgan fingerprint density at radius 1 is 1.72 bits per heavy atom. The van der Waals surface area contributed by atoms with Gasteiger partial charge in [-0.25, -0.2) is 9.18 Å². The van der Waals surface area contributed by atoms with Gasteiger partial charge in [0, 0.05) is 6.20 Å². The van der Waals surface area contributed by atoms with E-state index in [0.717, 1.165) is 4.57 Å². The van der Waals surface area contributed by atoms with Crippen molar-refractivity contribution in [2.24, 2.45) is 0 Å². The molecule has 0 saturated carbocycles. The van der Waals surface area contributed by atoms with Crippen LogP contribution in [-0.4, -0.2) is 44.2 Å². The molecule has 1 aromatic rings. The third kappa shape index (κ3) is 2.01. The summed E-state index contributed by atoms with van der Waals surface area (Å²) in [7, 11) is 0. The molecule has 0 spiro atoms. The SMILES string of the molecule is CC1(CO)O[C@@H](n2ccc(=S)[nH]c2=O)C(F)[C@H]1O. The molecule has 0 bridgehead atoms. The van der Waals surface area contributed by atoms with Crippen molar-refractivity contribution in [2.75, 3.05) is 6.61 Å². The van der Waals surface area contributed by atoms with E-state index >= 15 is 0 Å². The molecule has 0 aliphatic carbocycles. The maximum atomic E-state index is 13.9. The van der Waals surface area contributed by atoms with Crippen LogP contribution in [0.2, 0.25) is 0 Å². The molecular formula is C10H13FN2O4S. The van der Waals surface area contributed by atoms with Gasteiger partial charge in [0.05, 0.1) is 6.61 Å². The van der Waals surface area contributed by atoms with Crippen LogP contribution in [0, 0.1) is 4.64 Å². The first kappa shape index (κ1) is 13.3. The van der Waals surface area contributed by atoms with Gasteiger partial charge in [-0.2, -0.15) is 0 Å². The van der Waals surface area contributed by atoms with Crippen LogP contribution in [0.4, 0.5) is 4.39 Å². The van der Waals surface area contributed by atoms with Gasteiger partial charge in [0.25, 0.3) is 0 Å². The van der Waals surface area contributed by atoms with Crippen molar-refractivity contribution in [3.63, 3.8) is 0 Å². The summed E-state index contributed by atoms with van der Waals surface area (Å²) in [6.45, 7) is 0.823. The molecular weight excluding hydrogens is 263 g/mol. The Morgan fingerprint density at radius 3 is 2.89 bits per heavy atom. The van der Waals surface area contributed by atoms with Crippen LogP contribution >= 0.6 is 12.2 Å². The number of aromatic nitrogens is 2. The lowest BCUT2D eigenvalue weighted by Gasteiger charge is -2.24. The molecule has 18 heavy (non-hydrogen) atoms. The summed E-state index contributed by atoms with van der Waals surface area (Å²) in [5.41, 5.74) is -2.07. The standard InChI is InChI=1S/C10H13FN2O4S/c1-10(4-14)7(15)6(11)8(17-10)13-3-2-5(18)12-9(13)16/h2-3,6-8,14-15H,4H2,1H3,(H,12,16,18)/t6?,7-,8-,10?/m1/s1. The van der Waals surface area contributed by atoms with Gasteiger partial charge >= 0.3 is 5.69 Å². The molecule has 1 aliphatic heterocycles. The fraction of sp³-hybridized carbons (Fsp3) is 0.600. The highest BCUT2D eigenvalue weighted by Gasteiger charge is 2.53. The second-order valence-electron chi connectivity index (χ2n) is 4.39.